The molecule has 0 unspecified atom stereocenters. The molecule has 0 bridgehead atoms. The average molecular weight is 317 g/mol. The van der Waals surface area contributed by atoms with Crippen molar-refractivity contribution < 1.29 is 18.3 Å². The quantitative estimate of drug-likeness (QED) is 0.624. The van der Waals surface area contributed by atoms with Gasteiger partial charge in [-0.3, -0.25) is 20.2 Å². The van der Waals surface area contributed by atoms with Crippen LogP contribution in [0.3, 0.4) is 0 Å². The van der Waals surface area contributed by atoms with E-state index in [1.807, 2.05) is 0 Å². The van der Waals surface area contributed by atoms with Crippen LogP contribution in [0.25, 0.3) is 0 Å². The summed E-state index contributed by atoms with van der Waals surface area (Å²) < 4.78 is 22.0. The second-order valence-electron chi connectivity index (χ2n) is 5.10. The Balaban J connectivity index is 3.10. The molecular formula is C11H15N3O6S. The molecule has 0 aliphatic carbocycles. The van der Waals surface area contributed by atoms with Crippen molar-refractivity contribution in [3.05, 3.63) is 38.4 Å². The number of anilines is 1. The molecule has 0 aliphatic rings. The third kappa shape index (κ3) is 3.88. The Morgan fingerprint density at radius 1 is 1.19 bits per heavy atom. The predicted molar refractivity (Wildman–Crippen MR) is 77.2 cm³/mol. The summed E-state index contributed by atoms with van der Waals surface area (Å²) in [4.78, 5) is 20.1. The fourth-order valence-corrected chi connectivity index (χ4v) is 1.71. The van der Waals surface area contributed by atoms with E-state index in [1.165, 1.54) is 19.9 Å². The van der Waals surface area contributed by atoms with Gasteiger partial charge < -0.3 is 5.32 Å². The van der Waals surface area contributed by atoms with Gasteiger partial charge >= 0.3 is 0 Å². The van der Waals surface area contributed by atoms with Crippen LogP contribution in [0.15, 0.2) is 18.2 Å². The van der Waals surface area contributed by atoms with Crippen molar-refractivity contribution in [2.24, 2.45) is 0 Å². The van der Waals surface area contributed by atoms with Crippen LogP contribution in [-0.2, 0) is 9.84 Å². The fourth-order valence-electron chi connectivity index (χ4n) is 1.37. The molecule has 0 heterocycles. The largest absolute Gasteiger partial charge is 0.378 e. The van der Waals surface area contributed by atoms with Gasteiger partial charge in [-0.15, -0.1) is 0 Å². The normalized spacial score (nSPS) is 12.0. The molecule has 10 heteroatoms. The lowest BCUT2D eigenvalue weighted by Crippen LogP contribution is -2.38. The van der Waals surface area contributed by atoms with Gasteiger partial charge in [-0.1, -0.05) is 0 Å². The first-order valence-electron chi connectivity index (χ1n) is 5.82. The Morgan fingerprint density at radius 2 is 1.76 bits per heavy atom. The lowest BCUT2D eigenvalue weighted by Gasteiger charge is -2.23. The summed E-state index contributed by atoms with van der Waals surface area (Å²) in [5, 5.41) is 24.2. The summed E-state index contributed by atoms with van der Waals surface area (Å²) in [5.41, 5.74) is -0.856. The van der Waals surface area contributed by atoms with Crippen LogP contribution in [0.4, 0.5) is 17.1 Å². The van der Waals surface area contributed by atoms with Crippen LogP contribution in [0.2, 0.25) is 0 Å². The highest BCUT2D eigenvalue weighted by molar-refractivity contribution is 7.92. The molecule has 21 heavy (non-hydrogen) atoms. The van der Waals surface area contributed by atoms with E-state index >= 15 is 0 Å². The van der Waals surface area contributed by atoms with Gasteiger partial charge in [0.2, 0.25) is 0 Å². The van der Waals surface area contributed by atoms with Crippen molar-refractivity contribution in [3.8, 4) is 0 Å². The average Bonchev–Trinajstić information content (AvgIpc) is 2.34. The number of non-ortho nitro benzene ring substituents is 1. The summed E-state index contributed by atoms with van der Waals surface area (Å²) in [6.45, 7) is 2.89. The van der Waals surface area contributed by atoms with Crippen molar-refractivity contribution in [1.29, 1.82) is 0 Å². The Labute approximate surface area is 121 Å². The van der Waals surface area contributed by atoms with E-state index in [-0.39, 0.29) is 12.2 Å². The second-order valence-corrected chi connectivity index (χ2v) is 7.75. The number of nitro groups is 2. The van der Waals surface area contributed by atoms with Crippen molar-refractivity contribution in [2.75, 3.05) is 18.1 Å². The highest BCUT2D eigenvalue weighted by Gasteiger charge is 2.31. The zero-order valence-corrected chi connectivity index (χ0v) is 12.5. The summed E-state index contributed by atoms with van der Waals surface area (Å²) in [5.74, 6) is 0. The molecular weight excluding hydrogens is 302 g/mol. The van der Waals surface area contributed by atoms with Gasteiger partial charge in [-0.2, -0.15) is 0 Å². The summed E-state index contributed by atoms with van der Waals surface area (Å²) in [6.07, 6.45) is 1.07. The highest BCUT2D eigenvalue weighted by atomic mass is 32.2. The monoisotopic (exact) mass is 317 g/mol. The van der Waals surface area contributed by atoms with E-state index in [2.05, 4.69) is 5.32 Å². The van der Waals surface area contributed by atoms with E-state index in [1.54, 1.807) is 0 Å². The first-order chi connectivity index (χ1) is 9.45. The fraction of sp³-hybridized carbons (Fsp3) is 0.455. The zero-order valence-electron chi connectivity index (χ0n) is 11.7. The molecule has 0 saturated carbocycles. The minimum absolute atomic E-state index is 0.0299. The standard InChI is InChI=1S/C11H15N3O6S/c1-11(2,21(3,19)20)7-12-9-5-4-8(13(15)16)6-10(9)14(17)18/h4-6,12H,7H2,1-3H3. The van der Waals surface area contributed by atoms with E-state index in [9.17, 15) is 28.6 Å². The third-order valence-corrected chi connectivity index (χ3v) is 5.25. The van der Waals surface area contributed by atoms with Crippen LogP contribution >= 0.6 is 0 Å². The number of rotatable bonds is 6. The van der Waals surface area contributed by atoms with Crippen molar-refractivity contribution in [2.45, 2.75) is 18.6 Å². The zero-order chi connectivity index (χ0) is 16.4. The summed E-state index contributed by atoms with van der Waals surface area (Å²) in [6, 6.07) is 3.13. The molecule has 1 aromatic rings. The smallest absolute Gasteiger partial charge is 0.299 e. The maximum absolute atomic E-state index is 11.6. The molecule has 0 radical (unpaired) electrons. The van der Waals surface area contributed by atoms with E-state index in [4.69, 9.17) is 0 Å². The molecule has 0 saturated heterocycles. The molecule has 0 atom stereocenters. The minimum atomic E-state index is -3.37. The first-order valence-corrected chi connectivity index (χ1v) is 7.71. The Morgan fingerprint density at radius 3 is 2.19 bits per heavy atom. The van der Waals surface area contributed by atoms with E-state index in [0.29, 0.717) is 0 Å². The Kier molecular flexibility index (Phi) is 4.52. The third-order valence-electron chi connectivity index (χ3n) is 3.10. The van der Waals surface area contributed by atoms with Crippen LogP contribution in [0, 0.1) is 20.2 Å². The lowest BCUT2D eigenvalue weighted by molar-refractivity contribution is -0.393. The van der Waals surface area contributed by atoms with Gasteiger partial charge in [0, 0.05) is 18.9 Å². The number of nitrogens with zero attached hydrogens (tertiary/aromatic N) is 2. The molecule has 116 valence electrons. The maximum atomic E-state index is 11.6. The summed E-state index contributed by atoms with van der Waals surface area (Å²) >= 11 is 0. The topological polar surface area (TPSA) is 132 Å². The van der Waals surface area contributed by atoms with Gasteiger partial charge in [0.25, 0.3) is 11.4 Å². The van der Waals surface area contributed by atoms with Gasteiger partial charge in [0.15, 0.2) is 9.84 Å². The van der Waals surface area contributed by atoms with Crippen molar-refractivity contribution in [1.82, 2.24) is 0 Å². The molecule has 0 amide bonds. The lowest BCUT2D eigenvalue weighted by atomic mass is 10.2. The van der Waals surface area contributed by atoms with Crippen molar-refractivity contribution >= 4 is 26.9 Å². The number of hydrogen-bond donors (Lipinski definition) is 1. The van der Waals surface area contributed by atoms with E-state index < -0.39 is 35.8 Å². The van der Waals surface area contributed by atoms with Crippen molar-refractivity contribution in [3.63, 3.8) is 0 Å². The number of sulfone groups is 1. The molecule has 1 N–H and O–H groups in total. The van der Waals surface area contributed by atoms with Crippen LogP contribution in [0.5, 0.6) is 0 Å². The van der Waals surface area contributed by atoms with Crippen LogP contribution < -0.4 is 5.32 Å². The van der Waals surface area contributed by atoms with E-state index in [0.717, 1.165) is 18.4 Å². The number of nitro benzene ring substituents is 2. The van der Waals surface area contributed by atoms with Crippen LogP contribution in [0.1, 0.15) is 13.8 Å². The molecule has 1 rings (SSSR count). The maximum Gasteiger partial charge on any atom is 0.299 e. The van der Waals surface area contributed by atoms with Gasteiger partial charge in [0.1, 0.15) is 5.69 Å². The van der Waals surface area contributed by atoms with Gasteiger partial charge in [-0.05, 0) is 19.9 Å². The second kappa shape index (κ2) is 5.64. The predicted octanol–water partition coefficient (Wildman–Crippen LogP) is 1.74. The molecule has 0 aromatic heterocycles. The Bertz CT molecular complexity index is 683. The molecule has 0 aliphatic heterocycles. The van der Waals surface area contributed by atoms with Gasteiger partial charge in [-0.25, -0.2) is 8.42 Å². The van der Waals surface area contributed by atoms with Crippen LogP contribution in [-0.4, -0.2) is 35.8 Å². The first kappa shape index (κ1) is 16.8. The molecule has 0 spiro atoms. The Hall–Kier alpha value is -2.23. The number of benzene rings is 1. The summed E-state index contributed by atoms with van der Waals surface area (Å²) in [7, 11) is -3.37. The molecule has 9 nitrogen and oxygen atoms in total. The highest BCUT2D eigenvalue weighted by Crippen LogP contribution is 2.29. The molecule has 1 aromatic carbocycles. The van der Waals surface area contributed by atoms with Gasteiger partial charge in [0.05, 0.1) is 20.7 Å². The minimum Gasteiger partial charge on any atom is -0.378 e. The number of hydrogen-bond acceptors (Lipinski definition) is 7. The molecule has 0 fully saturated rings. The SMILES string of the molecule is CC(C)(CNc1ccc([N+](=O)[O-])cc1[N+](=O)[O-])S(C)(=O)=O. The number of nitrogens with one attached hydrogen (secondary N) is 1.